The lowest BCUT2D eigenvalue weighted by Gasteiger charge is -2.58. The molecule has 5 bridgehead atoms. The number of piperidine rings is 1. The summed E-state index contributed by atoms with van der Waals surface area (Å²) < 4.78 is 7.07. The Morgan fingerprint density at radius 3 is 2.84 bits per heavy atom. The fourth-order valence-electron chi connectivity index (χ4n) is 10.6. The van der Waals surface area contributed by atoms with Crippen LogP contribution in [-0.2, 0) is 4.74 Å². The molecule has 4 fully saturated rings. The number of phenols is 1. The Hall–Kier alpha value is -2.71. The number of hydrogen-bond donors (Lipinski definition) is 3. The Bertz CT molecular complexity index is 1650. The van der Waals surface area contributed by atoms with Gasteiger partial charge in [0.2, 0.25) is 0 Å². The summed E-state index contributed by atoms with van der Waals surface area (Å²) in [6.07, 6.45) is 20.9. The minimum Gasteiger partial charge on any atom is -0.508 e. The van der Waals surface area contributed by atoms with E-state index in [1.807, 2.05) is 18.3 Å². The Morgan fingerprint density at radius 2 is 1.88 bits per heavy atom. The van der Waals surface area contributed by atoms with Crippen LogP contribution in [0.25, 0.3) is 27.4 Å². The molecule has 3 aromatic rings. The molecule has 4 saturated heterocycles. The fraction of sp³-hybridized carbons (Fsp3) is 0.583. The zero-order chi connectivity index (χ0) is 28.8. The molecule has 1 aliphatic carbocycles. The molecule has 0 saturated carbocycles. The molecule has 5 aliphatic heterocycles. The highest BCUT2D eigenvalue weighted by Gasteiger charge is 2.71. The zero-order valence-corrected chi connectivity index (χ0v) is 25.1. The largest absolute Gasteiger partial charge is 0.508 e. The number of H-pyrrole nitrogens is 1. The summed E-state index contributed by atoms with van der Waals surface area (Å²) in [5.41, 5.74) is 2.81. The van der Waals surface area contributed by atoms with E-state index in [2.05, 4.69) is 39.1 Å². The maximum atomic E-state index is 13.2. The van der Waals surface area contributed by atoms with Gasteiger partial charge >= 0.3 is 0 Å². The van der Waals surface area contributed by atoms with Gasteiger partial charge in [-0.15, -0.1) is 0 Å². The van der Waals surface area contributed by atoms with Crippen molar-refractivity contribution in [2.45, 2.75) is 94.1 Å². The van der Waals surface area contributed by atoms with Crippen LogP contribution in [0.15, 0.2) is 48.7 Å². The number of aromatic amines is 1. The van der Waals surface area contributed by atoms with Gasteiger partial charge in [-0.25, -0.2) is 0 Å². The molecule has 0 amide bonds. The van der Waals surface area contributed by atoms with Gasteiger partial charge in [-0.2, -0.15) is 0 Å². The summed E-state index contributed by atoms with van der Waals surface area (Å²) in [7, 11) is 0. The van der Waals surface area contributed by atoms with Crippen molar-refractivity contribution >= 4 is 27.4 Å². The number of phenolic OH excluding ortho intramolecular Hbond substituents is 1. The number of hydrogen-bond acceptors (Lipinski definition) is 6. The van der Waals surface area contributed by atoms with Gasteiger partial charge in [-0.05, 0) is 126 Å². The molecule has 43 heavy (non-hydrogen) atoms. The quantitative estimate of drug-likeness (QED) is 0.301. The van der Waals surface area contributed by atoms with E-state index in [-0.39, 0.29) is 28.8 Å². The fourth-order valence-corrected chi connectivity index (χ4v) is 10.6. The van der Waals surface area contributed by atoms with E-state index in [9.17, 15) is 10.2 Å². The molecule has 7 atom stereocenters. The van der Waals surface area contributed by atoms with Crippen LogP contribution >= 0.6 is 0 Å². The molecule has 0 radical (unpaired) electrons. The maximum absolute atomic E-state index is 13.2. The molecular weight excluding hydrogens is 536 g/mol. The first kappa shape index (κ1) is 26.7. The van der Waals surface area contributed by atoms with Crippen LogP contribution in [0.4, 0.5) is 0 Å². The molecular formula is C36H44N4O3. The number of fused-ring (bicyclic) bond motifs is 5. The summed E-state index contributed by atoms with van der Waals surface area (Å²) >= 11 is 0. The molecule has 2 spiro atoms. The molecule has 9 rings (SSSR count). The number of pyridine rings is 1. The van der Waals surface area contributed by atoms with Crippen molar-refractivity contribution in [3.8, 4) is 5.75 Å². The number of nitrogens with zero attached hydrogens (tertiary/aromatic N) is 3. The van der Waals surface area contributed by atoms with Crippen molar-refractivity contribution in [1.82, 2.24) is 19.8 Å². The SMILES string of the molecule is Oc1ccc2[nH]c3c(C4=C[C@@]5(O)CC/C=C/CCCCN6CC[C@@H]4[C@@]4(C6)C[C@@]67CC[C@@H](CCCN6[C@H]45)O7)nccc3c2c1. The average Bonchev–Trinajstić information content (AvgIpc) is 3.61. The lowest BCUT2D eigenvalue weighted by Crippen LogP contribution is -2.66. The first-order chi connectivity index (χ1) is 21.0. The van der Waals surface area contributed by atoms with Crippen LogP contribution < -0.4 is 0 Å². The standard InChI is InChI=1S/C36H44N4O3/c41-24-9-10-30-27(20-24)26-12-16-37-31(32(26)38-30)28-21-35(42)14-5-3-1-2-4-6-17-39-19-13-29(28)34(23-39)22-36-15-11-25(43-36)8-7-18-40(36)33(34)35/h1,3,9-10,12,16,20-21,25,29,33,38,41-42H,2,4-8,11,13-15,17-19,22-23H2/b3-1+/t25-,29+,33-,34+,35+,36+/m1/s1. The highest BCUT2D eigenvalue weighted by molar-refractivity contribution is 6.10. The van der Waals surface area contributed by atoms with Crippen molar-refractivity contribution in [2.75, 3.05) is 26.2 Å². The van der Waals surface area contributed by atoms with Crippen LogP contribution in [0, 0.1) is 11.3 Å². The summed E-state index contributed by atoms with van der Waals surface area (Å²) in [4.78, 5) is 14.2. The molecule has 1 aromatic carbocycles. The number of aromatic hydroxyl groups is 1. The summed E-state index contributed by atoms with van der Waals surface area (Å²) in [6.45, 7) is 4.23. The molecule has 7 heteroatoms. The monoisotopic (exact) mass is 580 g/mol. The Morgan fingerprint density at radius 1 is 0.953 bits per heavy atom. The van der Waals surface area contributed by atoms with Crippen molar-refractivity contribution < 1.29 is 14.9 Å². The van der Waals surface area contributed by atoms with Crippen molar-refractivity contribution in [3.05, 3.63) is 54.4 Å². The average molecular weight is 581 g/mol. The second kappa shape index (κ2) is 9.64. The maximum Gasteiger partial charge on any atom is 0.123 e. The molecule has 6 aliphatic rings. The number of aromatic nitrogens is 2. The topological polar surface area (TPSA) is 84.9 Å². The number of allylic oxidation sites excluding steroid dienone is 3. The van der Waals surface area contributed by atoms with E-state index in [4.69, 9.17) is 9.72 Å². The minimum absolute atomic E-state index is 0.0291. The van der Waals surface area contributed by atoms with Gasteiger partial charge in [0.15, 0.2) is 0 Å². The molecule has 7 nitrogen and oxygen atoms in total. The summed E-state index contributed by atoms with van der Waals surface area (Å²) in [6, 6.07) is 7.62. The van der Waals surface area contributed by atoms with E-state index < -0.39 is 5.60 Å². The normalized spacial score (nSPS) is 40.3. The molecule has 226 valence electrons. The first-order valence-corrected chi connectivity index (χ1v) is 16.8. The molecule has 2 aromatic heterocycles. The van der Waals surface area contributed by atoms with Crippen LogP contribution in [0.5, 0.6) is 5.75 Å². The van der Waals surface area contributed by atoms with E-state index in [1.165, 1.54) is 18.4 Å². The predicted octanol–water partition coefficient (Wildman–Crippen LogP) is 6.12. The van der Waals surface area contributed by atoms with Crippen LogP contribution in [0.2, 0.25) is 0 Å². The second-order valence-electron chi connectivity index (χ2n) is 14.5. The van der Waals surface area contributed by atoms with E-state index in [0.717, 1.165) is 105 Å². The summed E-state index contributed by atoms with van der Waals surface area (Å²) in [5, 5.41) is 25.6. The van der Waals surface area contributed by atoms with Crippen LogP contribution in [0.3, 0.4) is 0 Å². The Balaban J connectivity index is 1.27. The number of nitrogens with one attached hydrogen (secondary N) is 1. The number of rotatable bonds is 1. The molecule has 1 unspecified atom stereocenters. The van der Waals surface area contributed by atoms with Crippen molar-refractivity contribution in [3.63, 3.8) is 0 Å². The van der Waals surface area contributed by atoms with Crippen LogP contribution in [0.1, 0.15) is 76.3 Å². The minimum atomic E-state index is -0.989. The predicted molar refractivity (Wildman–Crippen MR) is 169 cm³/mol. The van der Waals surface area contributed by atoms with Crippen molar-refractivity contribution in [1.29, 1.82) is 0 Å². The number of aliphatic hydroxyl groups is 1. The third-order valence-corrected chi connectivity index (χ3v) is 12.1. The second-order valence-corrected chi connectivity index (χ2v) is 14.5. The van der Waals surface area contributed by atoms with E-state index >= 15 is 0 Å². The van der Waals surface area contributed by atoms with Gasteiger partial charge < -0.3 is 24.8 Å². The Labute approximate surface area is 253 Å². The van der Waals surface area contributed by atoms with Gasteiger partial charge in [0.05, 0.1) is 29.0 Å². The van der Waals surface area contributed by atoms with Gasteiger partial charge in [0.25, 0.3) is 0 Å². The summed E-state index contributed by atoms with van der Waals surface area (Å²) in [5.74, 6) is 0.557. The molecule has 7 heterocycles. The highest BCUT2D eigenvalue weighted by atomic mass is 16.5. The smallest absolute Gasteiger partial charge is 0.123 e. The first-order valence-electron chi connectivity index (χ1n) is 16.8. The zero-order valence-electron chi connectivity index (χ0n) is 25.1. The van der Waals surface area contributed by atoms with Crippen LogP contribution in [-0.4, -0.2) is 79.6 Å². The highest BCUT2D eigenvalue weighted by Crippen LogP contribution is 2.66. The van der Waals surface area contributed by atoms with E-state index in [0.29, 0.717) is 12.5 Å². The van der Waals surface area contributed by atoms with E-state index in [1.54, 1.807) is 6.07 Å². The number of benzene rings is 1. The third kappa shape index (κ3) is 3.90. The Kier molecular flexibility index (Phi) is 5.98. The van der Waals surface area contributed by atoms with Gasteiger partial charge in [0.1, 0.15) is 11.5 Å². The number of ether oxygens (including phenoxy) is 1. The van der Waals surface area contributed by atoms with Gasteiger partial charge in [0, 0.05) is 41.0 Å². The van der Waals surface area contributed by atoms with Gasteiger partial charge in [-0.1, -0.05) is 12.2 Å². The lowest BCUT2D eigenvalue weighted by molar-refractivity contribution is -0.145. The lowest BCUT2D eigenvalue weighted by atomic mass is 9.54. The van der Waals surface area contributed by atoms with Gasteiger partial charge in [-0.3, -0.25) is 9.88 Å². The van der Waals surface area contributed by atoms with Crippen molar-refractivity contribution in [2.24, 2.45) is 11.3 Å². The third-order valence-electron chi connectivity index (χ3n) is 12.1. The molecule has 3 N–H and O–H groups in total.